The van der Waals surface area contributed by atoms with Crippen molar-refractivity contribution in [1.82, 2.24) is 10.6 Å². The number of carbonyl (C=O) groups is 3. The molecule has 3 amide bonds. The lowest BCUT2D eigenvalue weighted by atomic mass is 10.1. The minimum Gasteiger partial charge on any atom is -0.347 e. The lowest BCUT2D eigenvalue weighted by molar-refractivity contribution is -0.135. The van der Waals surface area contributed by atoms with Crippen molar-refractivity contribution in [3.8, 4) is 0 Å². The average Bonchev–Trinajstić information content (AvgIpc) is 2.83. The summed E-state index contributed by atoms with van der Waals surface area (Å²) in [4.78, 5) is 32.7. The molecule has 136 valence electrons. The van der Waals surface area contributed by atoms with Crippen molar-refractivity contribution in [1.29, 1.82) is 0 Å². The number of hydrogen-bond donors (Lipinski definition) is 2. The van der Waals surface area contributed by atoms with Crippen LogP contribution in [0.5, 0.6) is 0 Å². The Kier molecular flexibility index (Phi) is 9.16. The van der Waals surface area contributed by atoms with E-state index < -0.39 is 11.9 Å². The highest BCUT2D eigenvalue weighted by Gasteiger charge is 2.25. The van der Waals surface area contributed by atoms with Crippen molar-refractivity contribution >= 4 is 47.2 Å². The Morgan fingerprint density at radius 3 is 2.72 bits per heavy atom. The number of rotatable bonds is 6. The zero-order chi connectivity index (χ0) is 18.8. The normalized spacial score (nSPS) is 16.8. The summed E-state index contributed by atoms with van der Waals surface area (Å²) in [6, 6.07) is -0.537. The second-order valence-corrected chi connectivity index (χ2v) is 7.28. The Morgan fingerprint density at radius 1 is 1.44 bits per heavy atom. The molecule has 1 fully saturated rings. The molecule has 0 saturated carbocycles. The number of halogens is 1. The molecule has 2 rings (SSSR count). The zero-order valence-corrected chi connectivity index (χ0v) is 16.0. The van der Waals surface area contributed by atoms with E-state index in [0.29, 0.717) is 12.8 Å². The standard InChI is InChI=1S/C12H15ClS.C6H8N2O3/c1-4-6-8-11-10(7-5-2)9(3)14-12(11)13;9-3-7-4-1-2-5(10)8-6(4)11/h4,6,8H,1,5,7H2,2-3H3;3-4H,1-2H2,(H,7,9)(H,8,10,11)/b8-6-;. The molecule has 0 spiro atoms. The van der Waals surface area contributed by atoms with Gasteiger partial charge >= 0.3 is 0 Å². The minimum absolute atomic E-state index is 0.279. The lowest BCUT2D eigenvalue weighted by Gasteiger charge is -2.19. The monoisotopic (exact) mass is 382 g/mol. The third-order valence-electron chi connectivity index (χ3n) is 3.61. The third kappa shape index (κ3) is 6.48. The maximum absolute atomic E-state index is 10.8. The topological polar surface area (TPSA) is 75.3 Å². The van der Waals surface area contributed by atoms with Gasteiger partial charge in [0.05, 0.1) is 0 Å². The SMILES string of the molecule is C=C/C=C\c1c(Cl)sc(C)c1CCC.O=CNC1CCC(=O)NC1=O. The van der Waals surface area contributed by atoms with Gasteiger partial charge in [0, 0.05) is 16.9 Å². The van der Waals surface area contributed by atoms with Crippen LogP contribution in [-0.4, -0.2) is 24.3 Å². The molecular formula is C18H23ClN2O3S. The first kappa shape index (κ1) is 21.1. The van der Waals surface area contributed by atoms with Crippen LogP contribution < -0.4 is 10.6 Å². The second kappa shape index (κ2) is 10.8. The van der Waals surface area contributed by atoms with Gasteiger partial charge in [0.2, 0.25) is 18.2 Å². The van der Waals surface area contributed by atoms with Gasteiger partial charge in [-0.3, -0.25) is 19.7 Å². The van der Waals surface area contributed by atoms with Crippen LogP contribution in [0.15, 0.2) is 18.7 Å². The fourth-order valence-corrected chi connectivity index (χ4v) is 3.81. The summed E-state index contributed by atoms with van der Waals surface area (Å²) >= 11 is 7.82. The van der Waals surface area contributed by atoms with Gasteiger partial charge in [0.25, 0.3) is 0 Å². The molecule has 0 aliphatic carbocycles. The molecule has 7 heteroatoms. The molecule has 1 unspecified atom stereocenters. The van der Waals surface area contributed by atoms with Crippen LogP contribution >= 0.6 is 22.9 Å². The minimum atomic E-state index is -0.537. The molecule has 1 saturated heterocycles. The van der Waals surface area contributed by atoms with Gasteiger partial charge < -0.3 is 5.32 Å². The summed E-state index contributed by atoms with van der Waals surface area (Å²) in [5, 5.41) is 4.42. The van der Waals surface area contributed by atoms with Gasteiger partial charge in [-0.2, -0.15) is 0 Å². The van der Waals surface area contributed by atoms with Crippen LogP contribution in [-0.2, 0) is 20.8 Å². The van der Waals surface area contributed by atoms with Crippen LogP contribution in [0.2, 0.25) is 4.34 Å². The number of allylic oxidation sites excluding steroid dienone is 2. The molecule has 2 heterocycles. The molecule has 1 aromatic heterocycles. The maximum Gasteiger partial charge on any atom is 0.249 e. The number of piperidine rings is 1. The number of thiophene rings is 1. The molecule has 1 aliphatic heterocycles. The molecule has 1 aromatic rings. The third-order valence-corrected chi connectivity index (χ3v) is 5.00. The molecule has 0 bridgehead atoms. The van der Waals surface area contributed by atoms with Crippen LogP contribution in [0.1, 0.15) is 42.2 Å². The maximum atomic E-state index is 10.8. The van der Waals surface area contributed by atoms with Gasteiger partial charge in [-0.25, -0.2) is 0 Å². The largest absolute Gasteiger partial charge is 0.347 e. The molecule has 0 radical (unpaired) electrons. The fourth-order valence-electron chi connectivity index (χ4n) is 2.39. The molecule has 2 N–H and O–H groups in total. The Morgan fingerprint density at radius 2 is 2.16 bits per heavy atom. The van der Waals surface area contributed by atoms with E-state index >= 15 is 0 Å². The molecule has 1 aliphatic rings. The number of carbonyl (C=O) groups excluding carboxylic acids is 3. The summed E-state index contributed by atoms with van der Waals surface area (Å²) in [6.45, 7) is 7.98. The van der Waals surface area contributed by atoms with E-state index in [-0.39, 0.29) is 12.3 Å². The Balaban J connectivity index is 0.000000257. The van der Waals surface area contributed by atoms with Gasteiger partial charge in [0.1, 0.15) is 10.4 Å². The first-order chi connectivity index (χ1) is 11.9. The summed E-state index contributed by atoms with van der Waals surface area (Å²) in [7, 11) is 0. The molecule has 1 atom stereocenters. The van der Waals surface area contributed by atoms with Gasteiger partial charge in [-0.1, -0.05) is 49.8 Å². The lowest BCUT2D eigenvalue weighted by Crippen LogP contribution is -2.50. The van der Waals surface area contributed by atoms with Crippen LogP contribution in [0.25, 0.3) is 6.08 Å². The summed E-state index contributed by atoms with van der Waals surface area (Å²) in [5.74, 6) is -0.702. The van der Waals surface area contributed by atoms with Crippen LogP contribution in [0.4, 0.5) is 0 Å². The quantitative estimate of drug-likeness (QED) is 0.449. The predicted molar refractivity (Wildman–Crippen MR) is 103 cm³/mol. The summed E-state index contributed by atoms with van der Waals surface area (Å²) in [6.07, 6.45) is 9.16. The highest BCUT2D eigenvalue weighted by atomic mass is 35.5. The van der Waals surface area contributed by atoms with E-state index in [1.807, 2.05) is 12.2 Å². The number of nitrogens with one attached hydrogen (secondary N) is 2. The Bertz CT molecular complexity index is 668. The number of hydrogen-bond acceptors (Lipinski definition) is 4. The van der Waals surface area contributed by atoms with Crippen molar-refractivity contribution in [3.05, 3.63) is 39.1 Å². The number of imide groups is 1. The number of aryl methyl sites for hydroxylation is 1. The summed E-state index contributed by atoms with van der Waals surface area (Å²) < 4.78 is 0.893. The highest BCUT2D eigenvalue weighted by Crippen LogP contribution is 2.34. The number of amides is 3. The first-order valence-corrected chi connectivity index (χ1v) is 9.24. The van der Waals surface area contributed by atoms with E-state index in [1.54, 1.807) is 17.4 Å². The highest BCUT2D eigenvalue weighted by molar-refractivity contribution is 7.16. The van der Waals surface area contributed by atoms with Crippen molar-refractivity contribution in [3.63, 3.8) is 0 Å². The van der Waals surface area contributed by atoms with Gasteiger partial charge in [0.15, 0.2) is 0 Å². The first-order valence-electron chi connectivity index (χ1n) is 8.04. The summed E-state index contributed by atoms with van der Waals surface area (Å²) in [5.41, 5.74) is 2.57. The predicted octanol–water partition coefficient (Wildman–Crippen LogP) is 3.40. The van der Waals surface area contributed by atoms with Crippen LogP contribution in [0, 0.1) is 6.92 Å². The van der Waals surface area contributed by atoms with Crippen molar-refractivity contribution in [2.75, 3.05) is 0 Å². The smallest absolute Gasteiger partial charge is 0.249 e. The van der Waals surface area contributed by atoms with E-state index in [0.717, 1.165) is 17.2 Å². The molecule has 5 nitrogen and oxygen atoms in total. The zero-order valence-electron chi connectivity index (χ0n) is 14.4. The average molecular weight is 383 g/mol. The van der Waals surface area contributed by atoms with Gasteiger partial charge in [-0.15, -0.1) is 11.3 Å². The Hall–Kier alpha value is -1.92. The van der Waals surface area contributed by atoms with Gasteiger partial charge in [-0.05, 0) is 25.3 Å². The molecular weight excluding hydrogens is 360 g/mol. The Labute approximate surface area is 157 Å². The molecule has 0 aromatic carbocycles. The van der Waals surface area contributed by atoms with E-state index in [2.05, 4.69) is 31.1 Å². The van der Waals surface area contributed by atoms with Crippen molar-refractivity contribution in [2.45, 2.75) is 45.6 Å². The fraction of sp³-hybridized carbons (Fsp3) is 0.389. The van der Waals surface area contributed by atoms with Crippen LogP contribution in [0.3, 0.4) is 0 Å². The molecule has 25 heavy (non-hydrogen) atoms. The van der Waals surface area contributed by atoms with Crippen molar-refractivity contribution < 1.29 is 14.4 Å². The van der Waals surface area contributed by atoms with E-state index in [1.165, 1.54) is 16.0 Å². The second-order valence-electron chi connectivity index (χ2n) is 5.46. The van der Waals surface area contributed by atoms with E-state index in [4.69, 9.17) is 11.6 Å². The van der Waals surface area contributed by atoms with E-state index in [9.17, 15) is 14.4 Å². The van der Waals surface area contributed by atoms with Crippen molar-refractivity contribution in [2.24, 2.45) is 0 Å².